The van der Waals surface area contributed by atoms with Gasteiger partial charge in [0.2, 0.25) is 5.91 Å². The number of anilines is 1. The number of benzene rings is 2. The molecule has 7 nitrogen and oxygen atoms in total. The zero-order chi connectivity index (χ0) is 22.3. The zero-order valence-electron chi connectivity index (χ0n) is 16.6. The Kier molecular flexibility index (Phi) is 7.26. The second-order valence-electron chi connectivity index (χ2n) is 6.49. The van der Waals surface area contributed by atoms with Crippen LogP contribution >= 0.6 is 35.0 Å². The highest BCUT2D eigenvalue weighted by molar-refractivity contribution is 7.99. The number of carbonyl (C=O) groups excluding carboxylic acids is 1. The standard InChI is InChI=1S/C22H17Cl2N5O2S/c23-15-8-10-17(11-9-15)31-13-19-27-28-22(29(19)16-5-2-1-3-6-16)32-14-20(30)26-18-7-4-12-25-21(18)24/h1-12H,13-14H2,(H,26,30). The van der Waals surface area contributed by atoms with Crippen LogP contribution in [0, 0.1) is 0 Å². The highest BCUT2D eigenvalue weighted by atomic mass is 35.5. The lowest BCUT2D eigenvalue weighted by Gasteiger charge is -2.11. The van der Waals surface area contributed by atoms with Crippen molar-refractivity contribution >= 4 is 46.6 Å². The number of nitrogens with zero attached hydrogens (tertiary/aromatic N) is 4. The number of nitrogens with one attached hydrogen (secondary N) is 1. The average Bonchev–Trinajstić information content (AvgIpc) is 3.22. The number of amides is 1. The summed E-state index contributed by atoms with van der Waals surface area (Å²) in [5.41, 5.74) is 1.33. The fourth-order valence-electron chi connectivity index (χ4n) is 2.80. The van der Waals surface area contributed by atoms with Crippen LogP contribution in [0.2, 0.25) is 10.2 Å². The van der Waals surface area contributed by atoms with E-state index in [0.717, 1.165) is 5.69 Å². The van der Waals surface area contributed by atoms with E-state index in [9.17, 15) is 4.79 Å². The molecular weight excluding hydrogens is 469 g/mol. The maximum atomic E-state index is 12.4. The van der Waals surface area contributed by atoms with Crippen molar-refractivity contribution in [3.8, 4) is 11.4 Å². The van der Waals surface area contributed by atoms with Gasteiger partial charge in [0, 0.05) is 16.9 Å². The molecule has 0 aliphatic heterocycles. The lowest BCUT2D eigenvalue weighted by molar-refractivity contribution is -0.113. The molecule has 0 radical (unpaired) electrons. The lowest BCUT2D eigenvalue weighted by Crippen LogP contribution is -2.15. The van der Waals surface area contributed by atoms with E-state index in [-0.39, 0.29) is 23.4 Å². The number of hydrogen-bond donors (Lipinski definition) is 1. The van der Waals surface area contributed by atoms with E-state index in [1.807, 2.05) is 34.9 Å². The second kappa shape index (κ2) is 10.5. The van der Waals surface area contributed by atoms with E-state index in [1.165, 1.54) is 11.8 Å². The third kappa shape index (κ3) is 5.59. The molecule has 1 amide bonds. The fraction of sp³-hybridized carbons (Fsp3) is 0.0909. The maximum absolute atomic E-state index is 12.4. The van der Waals surface area contributed by atoms with Crippen LogP contribution in [0.3, 0.4) is 0 Å². The van der Waals surface area contributed by atoms with E-state index < -0.39 is 0 Å². The Labute approximate surface area is 198 Å². The van der Waals surface area contributed by atoms with Crippen molar-refractivity contribution in [3.05, 3.63) is 88.9 Å². The van der Waals surface area contributed by atoms with Gasteiger partial charge in [0.05, 0.1) is 11.4 Å². The van der Waals surface area contributed by atoms with Gasteiger partial charge in [-0.1, -0.05) is 53.2 Å². The predicted molar refractivity (Wildman–Crippen MR) is 126 cm³/mol. The summed E-state index contributed by atoms with van der Waals surface area (Å²) in [5, 5.41) is 12.7. The Morgan fingerprint density at radius 1 is 1.00 bits per heavy atom. The summed E-state index contributed by atoms with van der Waals surface area (Å²) in [4.78, 5) is 16.4. The minimum atomic E-state index is -0.230. The Morgan fingerprint density at radius 3 is 2.53 bits per heavy atom. The summed E-state index contributed by atoms with van der Waals surface area (Å²) in [6.45, 7) is 0.196. The number of halogens is 2. The molecule has 0 saturated carbocycles. The lowest BCUT2D eigenvalue weighted by atomic mass is 10.3. The Hall–Kier alpha value is -3.07. The summed E-state index contributed by atoms with van der Waals surface area (Å²) < 4.78 is 7.71. The highest BCUT2D eigenvalue weighted by Gasteiger charge is 2.17. The molecule has 0 aliphatic rings. The van der Waals surface area contributed by atoms with Gasteiger partial charge in [0.15, 0.2) is 16.1 Å². The average molecular weight is 486 g/mol. The Balaban J connectivity index is 1.49. The predicted octanol–water partition coefficient (Wildman–Crippen LogP) is 5.28. The minimum Gasteiger partial charge on any atom is -0.486 e. The molecule has 0 spiro atoms. The molecular formula is C22H17Cl2N5O2S. The van der Waals surface area contributed by atoms with E-state index in [4.69, 9.17) is 27.9 Å². The van der Waals surface area contributed by atoms with Gasteiger partial charge in [-0.15, -0.1) is 10.2 Å². The maximum Gasteiger partial charge on any atom is 0.234 e. The molecule has 0 saturated heterocycles. The topological polar surface area (TPSA) is 81.9 Å². The van der Waals surface area contributed by atoms with Gasteiger partial charge >= 0.3 is 0 Å². The molecule has 4 aromatic rings. The number of rotatable bonds is 8. The molecule has 0 aliphatic carbocycles. The number of pyridine rings is 1. The van der Waals surface area contributed by atoms with Crippen molar-refractivity contribution in [2.24, 2.45) is 0 Å². The molecule has 0 fully saturated rings. The number of aromatic nitrogens is 4. The van der Waals surface area contributed by atoms with Crippen molar-refractivity contribution in [3.63, 3.8) is 0 Å². The van der Waals surface area contributed by atoms with E-state index >= 15 is 0 Å². The summed E-state index contributed by atoms with van der Waals surface area (Å²) in [6, 6.07) is 20.1. The molecule has 32 heavy (non-hydrogen) atoms. The Morgan fingerprint density at radius 2 is 1.78 bits per heavy atom. The smallest absolute Gasteiger partial charge is 0.234 e. The number of para-hydroxylation sites is 1. The van der Waals surface area contributed by atoms with Crippen molar-refractivity contribution in [2.75, 3.05) is 11.1 Å². The molecule has 0 bridgehead atoms. The zero-order valence-corrected chi connectivity index (χ0v) is 18.9. The minimum absolute atomic E-state index is 0.119. The summed E-state index contributed by atoms with van der Waals surface area (Å²) in [7, 11) is 0. The van der Waals surface area contributed by atoms with E-state index in [1.54, 1.807) is 42.6 Å². The van der Waals surface area contributed by atoms with Gasteiger partial charge < -0.3 is 10.1 Å². The molecule has 10 heteroatoms. The number of hydrogen-bond acceptors (Lipinski definition) is 6. The molecule has 162 valence electrons. The largest absolute Gasteiger partial charge is 0.486 e. The summed E-state index contributed by atoms with van der Waals surface area (Å²) in [6.07, 6.45) is 1.56. The van der Waals surface area contributed by atoms with Gasteiger partial charge in [-0.2, -0.15) is 0 Å². The van der Waals surface area contributed by atoms with E-state index in [0.29, 0.717) is 27.4 Å². The molecule has 2 aromatic heterocycles. The number of thioether (sulfide) groups is 1. The Bertz CT molecular complexity index is 1200. The first-order valence-electron chi connectivity index (χ1n) is 9.51. The van der Waals surface area contributed by atoms with Gasteiger partial charge in [-0.25, -0.2) is 4.98 Å². The molecule has 0 atom stereocenters. The molecule has 0 unspecified atom stereocenters. The first-order chi connectivity index (χ1) is 15.6. The van der Waals surface area contributed by atoms with Crippen molar-refractivity contribution < 1.29 is 9.53 Å². The molecule has 2 heterocycles. The monoisotopic (exact) mass is 485 g/mol. The van der Waals surface area contributed by atoms with Gasteiger partial charge in [-0.05, 0) is 48.5 Å². The third-order valence-electron chi connectivity index (χ3n) is 4.26. The third-order valence-corrected chi connectivity index (χ3v) is 5.74. The fourth-order valence-corrected chi connectivity index (χ4v) is 3.86. The van der Waals surface area contributed by atoms with Crippen molar-refractivity contribution in [1.29, 1.82) is 0 Å². The molecule has 4 rings (SSSR count). The van der Waals surface area contributed by atoms with Gasteiger partial charge in [-0.3, -0.25) is 9.36 Å². The molecule has 1 N–H and O–H groups in total. The van der Waals surface area contributed by atoms with Crippen LogP contribution in [-0.2, 0) is 11.4 Å². The van der Waals surface area contributed by atoms with Crippen molar-refractivity contribution in [1.82, 2.24) is 19.7 Å². The van der Waals surface area contributed by atoms with Crippen LogP contribution in [0.25, 0.3) is 5.69 Å². The first kappa shape index (κ1) is 22.1. The van der Waals surface area contributed by atoms with Crippen LogP contribution in [0.1, 0.15) is 5.82 Å². The normalized spacial score (nSPS) is 10.7. The number of ether oxygens (including phenoxy) is 1. The summed E-state index contributed by atoms with van der Waals surface area (Å²) in [5.74, 6) is 1.16. The quantitative estimate of drug-likeness (QED) is 0.270. The van der Waals surface area contributed by atoms with Crippen LogP contribution in [-0.4, -0.2) is 31.4 Å². The number of carbonyl (C=O) groups is 1. The summed E-state index contributed by atoms with van der Waals surface area (Å²) >= 11 is 13.2. The first-order valence-corrected chi connectivity index (χ1v) is 11.3. The highest BCUT2D eigenvalue weighted by Crippen LogP contribution is 2.24. The SMILES string of the molecule is O=C(CSc1nnc(COc2ccc(Cl)cc2)n1-c1ccccc1)Nc1cccnc1Cl. The van der Waals surface area contributed by atoms with Crippen molar-refractivity contribution in [2.45, 2.75) is 11.8 Å². The van der Waals surface area contributed by atoms with Gasteiger partial charge in [0.1, 0.15) is 12.4 Å². The van der Waals surface area contributed by atoms with E-state index in [2.05, 4.69) is 20.5 Å². The van der Waals surface area contributed by atoms with Crippen LogP contribution in [0.5, 0.6) is 5.75 Å². The van der Waals surface area contributed by atoms with Crippen LogP contribution < -0.4 is 10.1 Å². The molecule has 2 aromatic carbocycles. The van der Waals surface area contributed by atoms with Crippen LogP contribution in [0.4, 0.5) is 5.69 Å². The second-order valence-corrected chi connectivity index (χ2v) is 8.23. The van der Waals surface area contributed by atoms with Crippen LogP contribution in [0.15, 0.2) is 78.1 Å². The van der Waals surface area contributed by atoms with Gasteiger partial charge in [0.25, 0.3) is 0 Å².